The smallest absolute Gasteiger partial charge is 0.341 e. The Kier molecular flexibility index (Phi) is 3.95. The molecule has 2 fully saturated rings. The largest absolute Gasteiger partial charge is 0.465 e. The molecule has 0 bridgehead atoms. The number of furan rings is 1. The Morgan fingerprint density at radius 3 is 3.00 bits per heavy atom. The van der Waals surface area contributed by atoms with Crippen molar-refractivity contribution in [1.29, 1.82) is 0 Å². The van der Waals surface area contributed by atoms with Crippen molar-refractivity contribution < 1.29 is 18.7 Å². The van der Waals surface area contributed by atoms with Gasteiger partial charge in [0.1, 0.15) is 17.1 Å². The summed E-state index contributed by atoms with van der Waals surface area (Å²) in [6, 6.07) is 2.15. The van der Waals surface area contributed by atoms with E-state index in [1.807, 2.05) is 16.8 Å². The monoisotopic (exact) mass is 306 g/mol. The lowest BCUT2D eigenvalue weighted by atomic mass is 9.91. The molecule has 22 heavy (non-hydrogen) atoms. The number of nitrogens with zero attached hydrogens (tertiary/aromatic N) is 2. The van der Waals surface area contributed by atoms with Crippen LogP contribution in [0.3, 0.4) is 0 Å². The molecule has 1 saturated heterocycles. The van der Waals surface area contributed by atoms with Gasteiger partial charge >= 0.3 is 5.97 Å². The third-order valence-electron chi connectivity index (χ3n) is 4.67. The van der Waals surface area contributed by atoms with Crippen molar-refractivity contribution in [3.05, 3.63) is 23.2 Å². The number of carbonyl (C=O) groups excluding carboxylic acids is 2. The molecule has 1 aliphatic heterocycles. The molecule has 0 radical (unpaired) electrons. The molecule has 1 aromatic heterocycles. The van der Waals surface area contributed by atoms with Gasteiger partial charge in [-0.1, -0.05) is 6.42 Å². The molecule has 0 aromatic carbocycles. The number of fused-ring (bicyclic) bond motifs is 1. The number of β-lactam (4-membered cyclic amide) rings is 1. The Hall–Kier alpha value is -1.82. The van der Waals surface area contributed by atoms with E-state index in [4.69, 9.17) is 9.15 Å². The summed E-state index contributed by atoms with van der Waals surface area (Å²) >= 11 is 0. The zero-order valence-electron chi connectivity index (χ0n) is 13.3. The predicted octanol–water partition coefficient (Wildman–Crippen LogP) is 1.77. The Bertz CT molecular complexity index is 595. The topological polar surface area (TPSA) is 63.0 Å². The number of ether oxygens (including phenoxy) is 1. The summed E-state index contributed by atoms with van der Waals surface area (Å²) in [6.45, 7) is 2.91. The number of aryl methyl sites for hydroxylation is 1. The molecule has 2 heterocycles. The molecule has 120 valence electrons. The van der Waals surface area contributed by atoms with Gasteiger partial charge in [-0.15, -0.1) is 0 Å². The van der Waals surface area contributed by atoms with Gasteiger partial charge in [0.05, 0.1) is 26.2 Å². The van der Waals surface area contributed by atoms with E-state index >= 15 is 0 Å². The standard InChI is InChI=1S/C16H22N2O4/c1-10-13(16(20)21-3)7-11(22-10)8-17(2)9-18-14-6-4-5-12(14)15(18)19/h7,12,14H,4-6,8-9H2,1-3H3. The van der Waals surface area contributed by atoms with Gasteiger partial charge in [-0.3, -0.25) is 9.69 Å². The van der Waals surface area contributed by atoms with E-state index in [-0.39, 0.29) is 17.8 Å². The van der Waals surface area contributed by atoms with Gasteiger partial charge in [-0.25, -0.2) is 4.79 Å². The quantitative estimate of drug-likeness (QED) is 0.613. The van der Waals surface area contributed by atoms with Crippen LogP contribution in [0.5, 0.6) is 0 Å². The fraction of sp³-hybridized carbons (Fsp3) is 0.625. The molecular weight excluding hydrogens is 284 g/mol. The molecule has 6 heteroatoms. The molecule has 2 atom stereocenters. The highest BCUT2D eigenvalue weighted by Crippen LogP contribution is 2.39. The first-order chi connectivity index (χ1) is 10.5. The number of hydrogen-bond acceptors (Lipinski definition) is 5. The van der Waals surface area contributed by atoms with Gasteiger partial charge in [0.2, 0.25) is 5.91 Å². The summed E-state index contributed by atoms with van der Waals surface area (Å²) in [7, 11) is 3.30. The van der Waals surface area contributed by atoms with E-state index in [2.05, 4.69) is 0 Å². The minimum absolute atomic E-state index is 0.269. The minimum atomic E-state index is -0.387. The number of hydrogen-bond donors (Lipinski definition) is 0. The minimum Gasteiger partial charge on any atom is -0.465 e. The maximum Gasteiger partial charge on any atom is 0.341 e. The van der Waals surface area contributed by atoms with Gasteiger partial charge in [-0.05, 0) is 32.9 Å². The third-order valence-corrected chi connectivity index (χ3v) is 4.67. The highest BCUT2D eigenvalue weighted by Gasteiger charge is 2.49. The SMILES string of the molecule is COC(=O)c1cc(CN(C)CN2C(=O)C3CCCC32)oc1C. The Morgan fingerprint density at radius 1 is 1.50 bits per heavy atom. The van der Waals surface area contributed by atoms with Crippen LogP contribution >= 0.6 is 0 Å². The summed E-state index contributed by atoms with van der Waals surface area (Å²) in [5, 5.41) is 0. The van der Waals surface area contributed by atoms with Crippen LogP contribution < -0.4 is 0 Å². The second kappa shape index (κ2) is 5.76. The van der Waals surface area contributed by atoms with E-state index in [0.717, 1.165) is 19.3 Å². The number of likely N-dealkylation sites (tertiary alicyclic amines) is 1. The molecule has 2 aliphatic rings. The van der Waals surface area contributed by atoms with Crippen molar-refractivity contribution in [3.63, 3.8) is 0 Å². The lowest BCUT2D eigenvalue weighted by Gasteiger charge is -2.45. The summed E-state index contributed by atoms with van der Waals surface area (Å²) in [5.74, 6) is 1.43. The lowest BCUT2D eigenvalue weighted by molar-refractivity contribution is -0.157. The molecule has 0 spiro atoms. The van der Waals surface area contributed by atoms with Crippen LogP contribution in [-0.4, -0.2) is 48.5 Å². The molecule has 1 aliphatic carbocycles. The fourth-order valence-corrected chi connectivity index (χ4v) is 3.58. The number of amides is 1. The van der Waals surface area contributed by atoms with E-state index < -0.39 is 0 Å². The zero-order chi connectivity index (χ0) is 15.9. The summed E-state index contributed by atoms with van der Waals surface area (Å²) in [4.78, 5) is 27.6. The molecule has 1 amide bonds. The van der Waals surface area contributed by atoms with Crippen LogP contribution in [0.2, 0.25) is 0 Å². The van der Waals surface area contributed by atoms with Crippen molar-refractivity contribution in [1.82, 2.24) is 9.80 Å². The number of carbonyl (C=O) groups is 2. The van der Waals surface area contributed by atoms with E-state index in [1.54, 1.807) is 13.0 Å². The predicted molar refractivity (Wildman–Crippen MR) is 79.1 cm³/mol. The summed E-state index contributed by atoms with van der Waals surface area (Å²) in [6.07, 6.45) is 3.32. The van der Waals surface area contributed by atoms with E-state index in [0.29, 0.717) is 36.3 Å². The molecular formula is C16H22N2O4. The maximum atomic E-state index is 12.0. The highest BCUT2D eigenvalue weighted by atomic mass is 16.5. The first-order valence-electron chi connectivity index (χ1n) is 7.68. The van der Waals surface area contributed by atoms with Crippen LogP contribution in [0.25, 0.3) is 0 Å². The lowest BCUT2D eigenvalue weighted by Crippen LogP contribution is -2.60. The molecule has 0 N–H and O–H groups in total. The van der Waals surface area contributed by atoms with Gasteiger partial charge in [-0.2, -0.15) is 0 Å². The van der Waals surface area contributed by atoms with Gasteiger partial charge in [0.15, 0.2) is 0 Å². The van der Waals surface area contributed by atoms with Crippen molar-refractivity contribution in [2.75, 3.05) is 20.8 Å². The van der Waals surface area contributed by atoms with Crippen LogP contribution in [0, 0.1) is 12.8 Å². The molecule has 3 rings (SSSR count). The second-order valence-electron chi connectivity index (χ2n) is 6.24. The first-order valence-corrected chi connectivity index (χ1v) is 7.68. The Balaban J connectivity index is 1.59. The summed E-state index contributed by atoms with van der Waals surface area (Å²) < 4.78 is 10.3. The summed E-state index contributed by atoms with van der Waals surface area (Å²) in [5.41, 5.74) is 0.460. The Morgan fingerprint density at radius 2 is 2.27 bits per heavy atom. The van der Waals surface area contributed by atoms with Gasteiger partial charge < -0.3 is 14.1 Å². The van der Waals surface area contributed by atoms with E-state index in [1.165, 1.54) is 7.11 Å². The van der Waals surface area contributed by atoms with Crippen molar-refractivity contribution in [2.24, 2.45) is 5.92 Å². The third kappa shape index (κ3) is 2.52. The number of esters is 1. The van der Waals surface area contributed by atoms with Crippen molar-refractivity contribution >= 4 is 11.9 Å². The average Bonchev–Trinajstić information content (AvgIpc) is 3.08. The van der Waals surface area contributed by atoms with E-state index in [9.17, 15) is 9.59 Å². The number of rotatable bonds is 5. The molecule has 2 unspecified atom stereocenters. The van der Waals surface area contributed by atoms with Crippen LogP contribution in [0.15, 0.2) is 10.5 Å². The van der Waals surface area contributed by atoms with Crippen LogP contribution in [0.4, 0.5) is 0 Å². The maximum absolute atomic E-state index is 12.0. The molecule has 6 nitrogen and oxygen atoms in total. The van der Waals surface area contributed by atoms with Crippen LogP contribution in [-0.2, 0) is 16.1 Å². The normalized spacial score (nSPS) is 23.6. The molecule has 1 aromatic rings. The second-order valence-corrected chi connectivity index (χ2v) is 6.24. The molecule has 1 saturated carbocycles. The fourth-order valence-electron chi connectivity index (χ4n) is 3.58. The highest BCUT2D eigenvalue weighted by molar-refractivity contribution is 5.90. The van der Waals surface area contributed by atoms with Crippen molar-refractivity contribution in [3.8, 4) is 0 Å². The van der Waals surface area contributed by atoms with Crippen LogP contribution in [0.1, 0.15) is 41.1 Å². The number of methoxy groups -OCH3 is 1. The van der Waals surface area contributed by atoms with Gasteiger partial charge in [0, 0.05) is 6.04 Å². The average molecular weight is 306 g/mol. The first kappa shape index (κ1) is 15.1. The van der Waals surface area contributed by atoms with Crippen molar-refractivity contribution in [2.45, 2.75) is 38.8 Å². The van der Waals surface area contributed by atoms with Gasteiger partial charge in [0.25, 0.3) is 0 Å². The Labute approximate surface area is 130 Å². The zero-order valence-corrected chi connectivity index (χ0v) is 13.3.